The van der Waals surface area contributed by atoms with Gasteiger partial charge in [0.25, 0.3) is 0 Å². The van der Waals surface area contributed by atoms with E-state index in [0.717, 1.165) is 24.5 Å². The van der Waals surface area contributed by atoms with Crippen molar-refractivity contribution >= 4 is 5.84 Å². The van der Waals surface area contributed by atoms with Crippen LogP contribution in [0.2, 0.25) is 0 Å². The summed E-state index contributed by atoms with van der Waals surface area (Å²) in [7, 11) is 2.03. The van der Waals surface area contributed by atoms with Crippen LogP contribution >= 0.6 is 0 Å². The van der Waals surface area contributed by atoms with Crippen LogP contribution in [0.5, 0.6) is 5.75 Å². The van der Waals surface area contributed by atoms with Crippen LogP contribution in [-0.2, 0) is 0 Å². The fourth-order valence-corrected chi connectivity index (χ4v) is 1.45. The lowest BCUT2D eigenvalue weighted by Crippen LogP contribution is -2.23. The molecule has 0 aromatic heterocycles. The number of aliphatic imine (C=N–C) groups is 1. The topological polar surface area (TPSA) is 67.3 Å². The SMILES string of the molecule is CN1CCN=C1c1ccc(O)cc1.O. The first kappa shape index (κ1) is 10.5. The van der Waals surface area contributed by atoms with Gasteiger partial charge in [-0.25, -0.2) is 0 Å². The molecule has 1 heterocycles. The molecule has 14 heavy (non-hydrogen) atoms. The Labute approximate surface area is 82.8 Å². The summed E-state index contributed by atoms with van der Waals surface area (Å²) in [4.78, 5) is 6.50. The fraction of sp³-hybridized carbons (Fsp3) is 0.300. The molecule has 1 aliphatic heterocycles. The Morgan fingerprint density at radius 2 is 1.93 bits per heavy atom. The summed E-state index contributed by atoms with van der Waals surface area (Å²) in [6.45, 7) is 1.85. The van der Waals surface area contributed by atoms with E-state index in [1.54, 1.807) is 12.1 Å². The fourth-order valence-electron chi connectivity index (χ4n) is 1.45. The monoisotopic (exact) mass is 194 g/mol. The van der Waals surface area contributed by atoms with E-state index in [1.165, 1.54) is 0 Å². The van der Waals surface area contributed by atoms with Crippen molar-refractivity contribution in [1.82, 2.24) is 4.90 Å². The highest BCUT2D eigenvalue weighted by Crippen LogP contribution is 2.13. The van der Waals surface area contributed by atoms with E-state index < -0.39 is 0 Å². The number of hydrogen-bond donors (Lipinski definition) is 1. The average molecular weight is 194 g/mol. The molecular weight excluding hydrogens is 180 g/mol. The van der Waals surface area contributed by atoms with Gasteiger partial charge in [0.05, 0.1) is 6.54 Å². The molecule has 2 rings (SSSR count). The Morgan fingerprint density at radius 3 is 2.43 bits per heavy atom. The third-order valence-corrected chi connectivity index (χ3v) is 2.18. The van der Waals surface area contributed by atoms with Gasteiger partial charge in [0.2, 0.25) is 0 Å². The predicted octanol–water partition coefficient (Wildman–Crippen LogP) is 0.259. The van der Waals surface area contributed by atoms with Gasteiger partial charge in [0.15, 0.2) is 0 Å². The summed E-state index contributed by atoms with van der Waals surface area (Å²) in [5.41, 5.74) is 1.07. The molecule has 76 valence electrons. The second kappa shape index (κ2) is 4.11. The van der Waals surface area contributed by atoms with Crippen LogP contribution in [-0.4, -0.2) is 41.5 Å². The quantitative estimate of drug-likeness (QED) is 0.696. The molecule has 3 N–H and O–H groups in total. The van der Waals surface area contributed by atoms with Gasteiger partial charge in [0, 0.05) is 19.2 Å². The maximum atomic E-state index is 9.11. The van der Waals surface area contributed by atoms with Crippen LogP contribution in [0.4, 0.5) is 0 Å². The lowest BCUT2D eigenvalue weighted by atomic mass is 10.2. The minimum atomic E-state index is 0. The first-order valence-electron chi connectivity index (χ1n) is 4.32. The van der Waals surface area contributed by atoms with E-state index in [0.29, 0.717) is 5.75 Å². The number of hydrogen-bond acceptors (Lipinski definition) is 3. The number of phenols is 1. The molecule has 0 saturated heterocycles. The summed E-state index contributed by atoms with van der Waals surface area (Å²) < 4.78 is 0. The highest BCUT2D eigenvalue weighted by Gasteiger charge is 2.13. The average Bonchev–Trinajstić information content (AvgIpc) is 2.53. The Hall–Kier alpha value is -1.55. The number of rotatable bonds is 1. The Balaban J connectivity index is 0.000000980. The Morgan fingerprint density at radius 1 is 1.29 bits per heavy atom. The normalized spacial score (nSPS) is 14.9. The molecule has 0 fully saturated rings. The van der Waals surface area contributed by atoms with Crippen LogP contribution in [0.15, 0.2) is 29.3 Å². The van der Waals surface area contributed by atoms with Gasteiger partial charge in [0.1, 0.15) is 11.6 Å². The number of likely N-dealkylation sites (N-methyl/N-ethyl adjacent to an activating group) is 1. The van der Waals surface area contributed by atoms with Gasteiger partial charge in [-0.15, -0.1) is 0 Å². The molecule has 0 spiro atoms. The smallest absolute Gasteiger partial charge is 0.130 e. The molecule has 0 atom stereocenters. The van der Waals surface area contributed by atoms with Crippen LogP contribution in [0.3, 0.4) is 0 Å². The van der Waals surface area contributed by atoms with Crippen LogP contribution in [0, 0.1) is 0 Å². The molecule has 1 aromatic rings. The molecule has 0 amide bonds. The molecule has 4 heteroatoms. The summed E-state index contributed by atoms with van der Waals surface area (Å²) in [5.74, 6) is 1.31. The van der Waals surface area contributed by atoms with E-state index >= 15 is 0 Å². The number of phenolic OH excluding ortho intramolecular Hbond substituents is 1. The lowest BCUT2D eigenvalue weighted by Gasteiger charge is -2.13. The minimum Gasteiger partial charge on any atom is -0.508 e. The van der Waals surface area contributed by atoms with Gasteiger partial charge >= 0.3 is 0 Å². The summed E-state index contributed by atoms with van der Waals surface area (Å²) in [6.07, 6.45) is 0. The van der Waals surface area contributed by atoms with E-state index in [4.69, 9.17) is 5.11 Å². The first-order valence-corrected chi connectivity index (χ1v) is 4.32. The van der Waals surface area contributed by atoms with E-state index in [9.17, 15) is 0 Å². The molecule has 0 aliphatic carbocycles. The zero-order valence-electron chi connectivity index (χ0n) is 8.07. The highest BCUT2D eigenvalue weighted by atomic mass is 16.3. The number of amidine groups is 1. The van der Waals surface area contributed by atoms with E-state index in [1.807, 2.05) is 19.2 Å². The lowest BCUT2D eigenvalue weighted by molar-refractivity contribution is 0.475. The van der Waals surface area contributed by atoms with Crippen LogP contribution in [0.25, 0.3) is 0 Å². The summed E-state index contributed by atoms with van der Waals surface area (Å²) in [6, 6.07) is 7.14. The number of nitrogens with zero attached hydrogens (tertiary/aromatic N) is 2. The van der Waals surface area contributed by atoms with Crippen LogP contribution in [0.1, 0.15) is 5.56 Å². The van der Waals surface area contributed by atoms with E-state index in [2.05, 4.69) is 9.89 Å². The zero-order chi connectivity index (χ0) is 9.26. The standard InChI is InChI=1S/C10H12N2O.H2O/c1-12-7-6-11-10(12)8-2-4-9(13)5-3-8;/h2-5,13H,6-7H2,1H3;1H2. The molecule has 4 nitrogen and oxygen atoms in total. The molecule has 0 unspecified atom stereocenters. The van der Waals surface area contributed by atoms with Crippen molar-refractivity contribution in [2.75, 3.05) is 20.1 Å². The molecule has 0 bridgehead atoms. The van der Waals surface area contributed by atoms with Crippen molar-refractivity contribution in [3.05, 3.63) is 29.8 Å². The van der Waals surface area contributed by atoms with Crippen molar-refractivity contribution in [3.8, 4) is 5.75 Å². The molecular formula is C10H14N2O2. The number of benzene rings is 1. The summed E-state index contributed by atoms with van der Waals surface area (Å²) >= 11 is 0. The minimum absolute atomic E-state index is 0. The maximum absolute atomic E-state index is 9.11. The largest absolute Gasteiger partial charge is 0.508 e. The maximum Gasteiger partial charge on any atom is 0.130 e. The van der Waals surface area contributed by atoms with Gasteiger partial charge in [-0.2, -0.15) is 0 Å². The third-order valence-electron chi connectivity index (χ3n) is 2.18. The molecule has 0 saturated carbocycles. The number of aromatic hydroxyl groups is 1. The first-order chi connectivity index (χ1) is 6.27. The van der Waals surface area contributed by atoms with Crippen molar-refractivity contribution < 1.29 is 10.6 Å². The van der Waals surface area contributed by atoms with Crippen molar-refractivity contribution in [2.24, 2.45) is 4.99 Å². The van der Waals surface area contributed by atoms with Gasteiger partial charge in [-0.3, -0.25) is 4.99 Å². The third kappa shape index (κ3) is 1.85. The van der Waals surface area contributed by atoms with Crippen molar-refractivity contribution in [3.63, 3.8) is 0 Å². The zero-order valence-corrected chi connectivity index (χ0v) is 8.07. The van der Waals surface area contributed by atoms with Gasteiger partial charge < -0.3 is 15.5 Å². The van der Waals surface area contributed by atoms with Gasteiger partial charge in [-0.1, -0.05) is 0 Å². The molecule has 1 aliphatic rings. The molecule has 1 aromatic carbocycles. The van der Waals surface area contributed by atoms with Crippen molar-refractivity contribution in [1.29, 1.82) is 0 Å². The highest BCUT2D eigenvalue weighted by molar-refractivity contribution is 5.99. The molecule has 0 radical (unpaired) electrons. The Kier molecular flexibility index (Phi) is 3.09. The van der Waals surface area contributed by atoms with E-state index in [-0.39, 0.29) is 5.48 Å². The van der Waals surface area contributed by atoms with Gasteiger partial charge in [-0.05, 0) is 24.3 Å². The second-order valence-electron chi connectivity index (χ2n) is 3.17. The predicted molar refractivity (Wildman–Crippen MR) is 55.8 cm³/mol. The second-order valence-corrected chi connectivity index (χ2v) is 3.17. The van der Waals surface area contributed by atoms with Crippen molar-refractivity contribution in [2.45, 2.75) is 0 Å². The van der Waals surface area contributed by atoms with Crippen LogP contribution < -0.4 is 0 Å². The summed E-state index contributed by atoms with van der Waals surface area (Å²) in [5, 5.41) is 9.11. The Bertz CT molecular complexity index is 332.